The molecule has 8 heteroatoms. The van der Waals surface area contributed by atoms with E-state index in [9.17, 15) is 9.90 Å². The molecule has 4 rings (SSSR count). The number of nitrogens with zero attached hydrogens (tertiary/aromatic N) is 6. The molecule has 1 fully saturated rings. The van der Waals surface area contributed by atoms with Crippen LogP contribution in [0.5, 0.6) is 0 Å². The Hall–Kier alpha value is -3.31. The molecule has 1 atom stereocenters. The lowest BCUT2D eigenvalue weighted by molar-refractivity contribution is 0.270. The van der Waals surface area contributed by atoms with Gasteiger partial charge >= 0.3 is 0 Å². The lowest BCUT2D eigenvalue weighted by Crippen LogP contribution is -2.33. The highest BCUT2D eigenvalue weighted by atomic mass is 16.3. The number of para-hydroxylation sites is 1. The van der Waals surface area contributed by atoms with E-state index in [1.165, 1.54) is 6.20 Å². The Balaban J connectivity index is 1.83. The average molecular weight is 362 g/mol. The zero-order chi connectivity index (χ0) is 18.8. The van der Waals surface area contributed by atoms with Gasteiger partial charge in [-0.05, 0) is 25.0 Å². The molecule has 0 aliphatic carbocycles. The Morgan fingerprint density at radius 1 is 1.26 bits per heavy atom. The van der Waals surface area contributed by atoms with Crippen molar-refractivity contribution >= 4 is 16.7 Å². The van der Waals surface area contributed by atoms with Gasteiger partial charge in [0.25, 0.3) is 5.56 Å². The van der Waals surface area contributed by atoms with Crippen molar-refractivity contribution in [1.29, 1.82) is 5.26 Å². The van der Waals surface area contributed by atoms with Crippen LogP contribution in [0, 0.1) is 11.3 Å². The van der Waals surface area contributed by atoms with Crippen molar-refractivity contribution in [2.24, 2.45) is 0 Å². The number of anilines is 1. The van der Waals surface area contributed by atoms with Gasteiger partial charge < -0.3 is 10.0 Å². The summed E-state index contributed by atoms with van der Waals surface area (Å²) in [5, 5.41) is 18.9. The standard InChI is InChI=1S/C19H18N6O2/c20-10-13-11-22-17(12-21-13)24-7-3-6-16(24)18-23-15-5-2-1-4-14(15)19(27)25(18)8-9-26/h1-2,4-5,11-12,16,26H,3,6-9H2. The van der Waals surface area contributed by atoms with Gasteiger partial charge in [-0.3, -0.25) is 9.36 Å². The van der Waals surface area contributed by atoms with Crippen molar-refractivity contribution in [2.45, 2.75) is 25.4 Å². The second-order valence-electron chi connectivity index (χ2n) is 6.39. The van der Waals surface area contributed by atoms with Crippen LogP contribution in [-0.2, 0) is 6.54 Å². The van der Waals surface area contributed by atoms with Gasteiger partial charge in [0.05, 0.1) is 42.5 Å². The van der Waals surface area contributed by atoms with E-state index in [0.29, 0.717) is 22.5 Å². The highest BCUT2D eigenvalue weighted by Gasteiger charge is 2.31. The fraction of sp³-hybridized carbons (Fsp3) is 0.316. The van der Waals surface area contributed by atoms with Gasteiger partial charge in [0.2, 0.25) is 0 Å². The van der Waals surface area contributed by atoms with E-state index in [1.54, 1.807) is 16.8 Å². The number of aliphatic hydroxyl groups excluding tert-OH is 1. The van der Waals surface area contributed by atoms with Crippen LogP contribution in [0.25, 0.3) is 10.9 Å². The van der Waals surface area contributed by atoms with Gasteiger partial charge in [-0.15, -0.1) is 0 Å². The van der Waals surface area contributed by atoms with Crippen LogP contribution in [0.1, 0.15) is 30.4 Å². The summed E-state index contributed by atoms with van der Waals surface area (Å²) in [7, 11) is 0. The maximum atomic E-state index is 13.0. The van der Waals surface area contributed by atoms with Gasteiger partial charge in [0.15, 0.2) is 5.69 Å². The van der Waals surface area contributed by atoms with Crippen molar-refractivity contribution < 1.29 is 5.11 Å². The Kier molecular flexibility index (Phi) is 4.52. The summed E-state index contributed by atoms with van der Waals surface area (Å²) in [6.45, 7) is 0.804. The topological polar surface area (TPSA) is 108 Å². The maximum Gasteiger partial charge on any atom is 0.261 e. The van der Waals surface area contributed by atoms with E-state index in [0.717, 1.165) is 19.4 Å². The number of benzene rings is 1. The SMILES string of the molecule is N#Cc1cnc(N2CCCC2c2nc3ccccc3c(=O)n2CCO)cn1. The van der Waals surface area contributed by atoms with Gasteiger partial charge in [-0.25, -0.2) is 15.0 Å². The molecule has 1 aromatic carbocycles. The Bertz CT molecular complexity index is 1070. The monoisotopic (exact) mass is 362 g/mol. The summed E-state index contributed by atoms with van der Waals surface area (Å²) in [6, 6.07) is 9.06. The number of aliphatic hydroxyl groups is 1. The lowest BCUT2D eigenvalue weighted by atomic mass is 10.1. The van der Waals surface area contributed by atoms with Crippen molar-refractivity contribution in [1.82, 2.24) is 19.5 Å². The lowest BCUT2D eigenvalue weighted by Gasteiger charge is -2.27. The predicted molar refractivity (Wildman–Crippen MR) is 99.2 cm³/mol. The van der Waals surface area contributed by atoms with Gasteiger partial charge in [0, 0.05) is 6.54 Å². The van der Waals surface area contributed by atoms with E-state index in [-0.39, 0.29) is 30.4 Å². The summed E-state index contributed by atoms with van der Waals surface area (Å²) >= 11 is 0. The molecule has 3 heterocycles. The molecule has 8 nitrogen and oxygen atoms in total. The highest BCUT2D eigenvalue weighted by Crippen LogP contribution is 2.34. The van der Waals surface area contributed by atoms with Crippen LogP contribution in [0.15, 0.2) is 41.5 Å². The Labute approximate surface area is 155 Å². The molecular weight excluding hydrogens is 344 g/mol. The molecule has 1 unspecified atom stereocenters. The molecule has 136 valence electrons. The van der Waals surface area contributed by atoms with Crippen molar-refractivity contribution in [2.75, 3.05) is 18.1 Å². The van der Waals surface area contributed by atoms with Gasteiger partial charge in [-0.1, -0.05) is 12.1 Å². The molecule has 0 spiro atoms. The molecule has 2 aromatic heterocycles. The van der Waals surface area contributed by atoms with Crippen molar-refractivity contribution in [3.63, 3.8) is 0 Å². The highest BCUT2D eigenvalue weighted by molar-refractivity contribution is 5.77. The minimum absolute atomic E-state index is 0.143. The van der Waals surface area contributed by atoms with Crippen LogP contribution in [0.2, 0.25) is 0 Å². The third-order valence-electron chi connectivity index (χ3n) is 4.81. The van der Waals surface area contributed by atoms with E-state index >= 15 is 0 Å². The molecule has 1 N–H and O–H groups in total. The predicted octanol–water partition coefficient (Wildman–Crippen LogP) is 1.39. The largest absolute Gasteiger partial charge is 0.395 e. The van der Waals surface area contributed by atoms with Crippen LogP contribution in [0.3, 0.4) is 0 Å². The van der Waals surface area contributed by atoms with Gasteiger partial charge in [0.1, 0.15) is 17.7 Å². The normalized spacial score (nSPS) is 16.6. The molecule has 27 heavy (non-hydrogen) atoms. The van der Waals surface area contributed by atoms with Crippen LogP contribution < -0.4 is 10.5 Å². The minimum atomic E-state index is -0.151. The Morgan fingerprint density at radius 2 is 2.11 bits per heavy atom. The number of nitriles is 1. The molecule has 3 aromatic rings. The first-order chi connectivity index (χ1) is 13.2. The van der Waals surface area contributed by atoms with Crippen LogP contribution in [0.4, 0.5) is 5.82 Å². The summed E-state index contributed by atoms with van der Waals surface area (Å²) in [5.74, 6) is 1.27. The summed E-state index contributed by atoms with van der Waals surface area (Å²) < 4.78 is 1.56. The van der Waals surface area contributed by atoms with Crippen LogP contribution >= 0.6 is 0 Å². The van der Waals surface area contributed by atoms with E-state index in [1.807, 2.05) is 24.3 Å². The smallest absolute Gasteiger partial charge is 0.261 e. The second-order valence-corrected chi connectivity index (χ2v) is 6.39. The molecule has 0 bridgehead atoms. The number of rotatable bonds is 4. The second kappa shape index (κ2) is 7.13. The first-order valence-corrected chi connectivity index (χ1v) is 8.82. The number of fused-ring (bicyclic) bond motifs is 1. The molecule has 1 saturated heterocycles. The quantitative estimate of drug-likeness (QED) is 0.747. The molecule has 0 amide bonds. The maximum absolute atomic E-state index is 13.0. The average Bonchev–Trinajstić information content (AvgIpc) is 3.20. The first-order valence-electron chi connectivity index (χ1n) is 8.82. The van der Waals surface area contributed by atoms with Crippen molar-refractivity contribution in [3.8, 4) is 6.07 Å². The van der Waals surface area contributed by atoms with Crippen LogP contribution in [-0.4, -0.2) is 37.8 Å². The summed E-state index contributed by atoms with van der Waals surface area (Å²) in [6.07, 6.45) is 4.76. The molecule has 0 saturated carbocycles. The fourth-order valence-electron chi connectivity index (χ4n) is 3.59. The first kappa shape index (κ1) is 17.1. The molecular formula is C19H18N6O2. The molecule has 1 aliphatic heterocycles. The summed E-state index contributed by atoms with van der Waals surface area (Å²) in [4.78, 5) is 28.2. The van der Waals surface area contributed by atoms with Crippen molar-refractivity contribution in [3.05, 3.63) is 58.5 Å². The summed E-state index contributed by atoms with van der Waals surface area (Å²) in [5.41, 5.74) is 0.752. The molecule has 1 aliphatic rings. The van der Waals surface area contributed by atoms with Gasteiger partial charge in [-0.2, -0.15) is 5.26 Å². The zero-order valence-corrected chi connectivity index (χ0v) is 14.6. The van der Waals surface area contributed by atoms with E-state index in [4.69, 9.17) is 10.2 Å². The number of aromatic nitrogens is 4. The third kappa shape index (κ3) is 3.02. The minimum Gasteiger partial charge on any atom is -0.395 e. The van der Waals surface area contributed by atoms with E-state index < -0.39 is 0 Å². The Morgan fingerprint density at radius 3 is 2.85 bits per heavy atom. The number of hydrogen-bond acceptors (Lipinski definition) is 7. The third-order valence-corrected chi connectivity index (χ3v) is 4.81. The number of hydrogen-bond donors (Lipinski definition) is 1. The fourth-order valence-corrected chi connectivity index (χ4v) is 3.59. The van der Waals surface area contributed by atoms with E-state index in [2.05, 4.69) is 14.9 Å². The molecule has 0 radical (unpaired) electrons. The zero-order valence-electron chi connectivity index (χ0n) is 14.6.